The van der Waals surface area contributed by atoms with E-state index in [-0.39, 0.29) is 17.4 Å². The number of anilines is 1. The number of amides is 1. The third kappa shape index (κ3) is 4.78. The number of nitrogens with one attached hydrogen (secondary N) is 1. The van der Waals surface area contributed by atoms with E-state index in [0.717, 1.165) is 12.1 Å². The summed E-state index contributed by atoms with van der Waals surface area (Å²) in [6.45, 7) is 1.73. The van der Waals surface area contributed by atoms with Crippen molar-refractivity contribution in [3.05, 3.63) is 81.1 Å². The van der Waals surface area contributed by atoms with Crippen LogP contribution in [0.5, 0.6) is 0 Å². The van der Waals surface area contributed by atoms with E-state index in [9.17, 15) is 18.0 Å². The maximum Gasteiger partial charge on any atom is 0.416 e. The van der Waals surface area contributed by atoms with Crippen molar-refractivity contribution < 1.29 is 18.0 Å². The summed E-state index contributed by atoms with van der Waals surface area (Å²) in [5.41, 5.74) is 1.27. The predicted molar refractivity (Wildman–Crippen MR) is 113 cm³/mol. The summed E-state index contributed by atoms with van der Waals surface area (Å²) >= 11 is 7.29. The van der Waals surface area contributed by atoms with E-state index in [2.05, 4.69) is 25.8 Å². The molecule has 2 heterocycles. The fourth-order valence-corrected chi connectivity index (χ4v) is 4.08. The predicted octanol–water partition coefficient (Wildman–Crippen LogP) is 4.94. The first-order chi connectivity index (χ1) is 15.2. The number of carbonyl (C=O) groups is 1. The molecule has 1 N–H and O–H groups in total. The standard InChI is InChI=1S/C20H14ClF3N6OS/c1-11-17(9-13-8-14(20(22,23)24)4-7-16(13)21)32-19(26-11)27-18(31)12-2-5-15(6-3-12)30-10-25-28-29-30/h2-8,10H,9H2,1H3,(H,26,27,31). The number of hydrogen-bond donors (Lipinski definition) is 1. The second kappa shape index (κ2) is 8.67. The van der Waals surface area contributed by atoms with Crippen LogP contribution in [0.15, 0.2) is 48.8 Å². The number of rotatable bonds is 5. The molecule has 7 nitrogen and oxygen atoms in total. The van der Waals surface area contributed by atoms with E-state index in [1.807, 2.05) is 0 Å². The van der Waals surface area contributed by atoms with E-state index in [0.29, 0.717) is 32.5 Å². The largest absolute Gasteiger partial charge is 0.416 e. The molecule has 0 bridgehead atoms. The van der Waals surface area contributed by atoms with Crippen LogP contribution >= 0.6 is 22.9 Å². The summed E-state index contributed by atoms with van der Waals surface area (Å²) in [6, 6.07) is 9.84. The number of halogens is 4. The van der Waals surface area contributed by atoms with Gasteiger partial charge in [-0.15, -0.1) is 16.4 Å². The average Bonchev–Trinajstić information content (AvgIpc) is 3.39. The summed E-state index contributed by atoms with van der Waals surface area (Å²) in [6.07, 6.45) is -2.85. The molecule has 32 heavy (non-hydrogen) atoms. The highest BCUT2D eigenvalue weighted by Crippen LogP contribution is 2.34. The molecule has 0 radical (unpaired) electrons. The number of thiazole rings is 1. The molecule has 1 amide bonds. The third-order valence-electron chi connectivity index (χ3n) is 4.58. The number of alkyl halides is 3. The number of aryl methyl sites for hydroxylation is 1. The van der Waals surface area contributed by atoms with Gasteiger partial charge in [0, 0.05) is 21.9 Å². The van der Waals surface area contributed by atoms with Gasteiger partial charge in [-0.05, 0) is 65.4 Å². The van der Waals surface area contributed by atoms with Gasteiger partial charge >= 0.3 is 6.18 Å². The van der Waals surface area contributed by atoms with Crippen molar-refractivity contribution in [3.63, 3.8) is 0 Å². The molecule has 0 unspecified atom stereocenters. The van der Waals surface area contributed by atoms with E-state index in [1.54, 1.807) is 31.2 Å². The molecule has 0 fully saturated rings. The molecule has 164 valence electrons. The topological polar surface area (TPSA) is 85.6 Å². The van der Waals surface area contributed by atoms with Gasteiger partial charge in [-0.2, -0.15) is 13.2 Å². The number of carbonyl (C=O) groups excluding carboxylic acids is 1. The molecule has 0 spiro atoms. The molecule has 0 aliphatic carbocycles. The Hall–Kier alpha value is -3.31. The molecule has 4 rings (SSSR count). The Kier molecular flexibility index (Phi) is 5.94. The van der Waals surface area contributed by atoms with Crippen molar-refractivity contribution in [2.24, 2.45) is 0 Å². The number of tetrazole rings is 1. The van der Waals surface area contributed by atoms with Crippen LogP contribution in [-0.4, -0.2) is 31.1 Å². The quantitative estimate of drug-likeness (QED) is 0.439. The van der Waals surface area contributed by atoms with Crippen molar-refractivity contribution in [3.8, 4) is 5.69 Å². The molecule has 0 saturated heterocycles. The number of hydrogen-bond acceptors (Lipinski definition) is 6. The zero-order valence-electron chi connectivity index (χ0n) is 16.4. The Morgan fingerprint density at radius 3 is 2.59 bits per heavy atom. The maximum absolute atomic E-state index is 13.0. The summed E-state index contributed by atoms with van der Waals surface area (Å²) in [5, 5.41) is 14.2. The van der Waals surface area contributed by atoms with Gasteiger partial charge < -0.3 is 0 Å². The first-order valence-electron chi connectivity index (χ1n) is 9.17. The summed E-state index contributed by atoms with van der Waals surface area (Å²) < 4.78 is 40.5. The minimum absolute atomic E-state index is 0.169. The lowest BCUT2D eigenvalue weighted by Crippen LogP contribution is -2.11. The second-order valence-corrected chi connectivity index (χ2v) is 8.25. The van der Waals surface area contributed by atoms with Crippen LogP contribution < -0.4 is 5.32 Å². The molecular weight excluding hydrogens is 465 g/mol. The highest BCUT2D eigenvalue weighted by molar-refractivity contribution is 7.15. The number of nitrogens with zero attached hydrogens (tertiary/aromatic N) is 5. The highest BCUT2D eigenvalue weighted by atomic mass is 35.5. The lowest BCUT2D eigenvalue weighted by Gasteiger charge is -2.10. The Morgan fingerprint density at radius 2 is 1.94 bits per heavy atom. The molecule has 4 aromatic rings. The first kappa shape index (κ1) is 21.9. The lowest BCUT2D eigenvalue weighted by molar-refractivity contribution is -0.137. The number of aromatic nitrogens is 5. The SMILES string of the molecule is Cc1nc(NC(=O)c2ccc(-n3cnnn3)cc2)sc1Cc1cc(C(F)(F)F)ccc1Cl. The van der Waals surface area contributed by atoms with Gasteiger partial charge in [-0.25, -0.2) is 9.67 Å². The van der Waals surface area contributed by atoms with E-state index >= 15 is 0 Å². The summed E-state index contributed by atoms with van der Waals surface area (Å²) in [5.74, 6) is -0.370. The molecule has 0 aliphatic rings. The highest BCUT2D eigenvalue weighted by Gasteiger charge is 2.31. The van der Waals surface area contributed by atoms with Crippen molar-refractivity contribution in [1.29, 1.82) is 0 Å². The fourth-order valence-electron chi connectivity index (χ4n) is 2.92. The van der Waals surface area contributed by atoms with Gasteiger partial charge in [0.05, 0.1) is 16.9 Å². The molecule has 0 atom stereocenters. The minimum atomic E-state index is -4.46. The molecule has 2 aromatic carbocycles. The van der Waals surface area contributed by atoms with Crippen LogP contribution in [0.4, 0.5) is 18.3 Å². The van der Waals surface area contributed by atoms with Gasteiger partial charge in [0.25, 0.3) is 5.91 Å². The first-order valence-corrected chi connectivity index (χ1v) is 10.4. The van der Waals surface area contributed by atoms with Crippen LogP contribution in [0, 0.1) is 6.92 Å². The van der Waals surface area contributed by atoms with Gasteiger partial charge in [0.1, 0.15) is 6.33 Å². The molecular formula is C20H14ClF3N6OS. The van der Waals surface area contributed by atoms with Crippen LogP contribution in [-0.2, 0) is 12.6 Å². The Bertz CT molecular complexity index is 1260. The molecule has 12 heteroatoms. The Morgan fingerprint density at radius 1 is 1.19 bits per heavy atom. The van der Waals surface area contributed by atoms with Crippen LogP contribution in [0.25, 0.3) is 5.69 Å². The normalized spacial score (nSPS) is 11.5. The van der Waals surface area contributed by atoms with Gasteiger partial charge in [0.15, 0.2) is 5.13 Å². The average molecular weight is 479 g/mol. The number of benzene rings is 2. The van der Waals surface area contributed by atoms with Crippen molar-refractivity contribution >= 4 is 34.0 Å². The van der Waals surface area contributed by atoms with Crippen LogP contribution in [0.1, 0.15) is 32.1 Å². The lowest BCUT2D eigenvalue weighted by atomic mass is 10.1. The maximum atomic E-state index is 13.0. The van der Waals surface area contributed by atoms with E-state index in [4.69, 9.17) is 11.6 Å². The van der Waals surface area contributed by atoms with Crippen LogP contribution in [0.2, 0.25) is 5.02 Å². The van der Waals surface area contributed by atoms with Gasteiger partial charge in [-0.3, -0.25) is 10.1 Å². The second-order valence-electron chi connectivity index (χ2n) is 6.76. The van der Waals surface area contributed by atoms with Crippen molar-refractivity contribution in [2.45, 2.75) is 19.5 Å². The van der Waals surface area contributed by atoms with E-state index in [1.165, 1.54) is 28.4 Å². The van der Waals surface area contributed by atoms with Gasteiger partial charge in [-0.1, -0.05) is 11.6 Å². The summed E-state index contributed by atoms with van der Waals surface area (Å²) in [7, 11) is 0. The van der Waals surface area contributed by atoms with Crippen molar-refractivity contribution in [2.75, 3.05) is 5.32 Å². The molecule has 2 aromatic heterocycles. The monoisotopic (exact) mass is 478 g/mol. The van der Waals surface area contributed by atoms with E-state index < -0.39 is 11.7 Å². The third-order valence-corrected chi connectivity index (χ3v) is 6.02. The molecule has 0 saturated carbocycles. The minimum Gasteiger partial charge on any atom is -0.298 e. The molecule has 0 aliphatic heterocycles. The zero-order valence-corrected chi connectivity index (χ0v) is 18.0. The fraction of sp³-hybridized carbons (Fsp3) is 0.150. The smallest absolute Gasteiger partial charge is 0.298 e. The Labute approximate surface area is 188 Å². The van der Waals surface area contributed by atoms with Crippen molar-refractivity contribution in [1.82, 2.24) is 25.2 Å². The Balaban J connectivity index is 1.49. The van der Waals surface area contributed by atoms with Crippen LogP contribution in [0.3, 0.4) is 0 Å². The zero-order chi connectivity index (χ0) is 22.9. The van der Waals surface area contributed by atoms with Gasteiger partial charge in [0.2, 0.25) is 0 Å². The summed E-state index contributed by atoms with van der Waals surface area (Å²) in [4.78, 5) is 17.6.